The minimum atomic E-state index is -0.712. The van der Waals surface area contributed by atoms with Gasteiger partial charge in [-0.3, -0.25) is 4.79 Å². The van der Waals surface area contributed by atoms with E-state index in [1.165, 1.54) is 7.05 Å². The third-order valence-electron chi connectivity index (χ3n) is 4.41. The van der Waals surface area contributed by atoms with Gasteiger partial charge in [0.1, 0.15) is 5.69 Å². The molecular formula is C13H18N4O3. The van der Waals surface area contributed by atoms with Crippen molar-refractivity contribution in [3.05, 3.63) is 24.0 Å². The molecular weight excluding hydrogens is 260 g/mol. The molecule has 3 rings (SSSR count). The van der Waals surface area contributed by atoms with Crippen LogP contribution >= 0.6 is 0 Å². The zero-order valence-corrected chi connectivity index (χ0v) is 11.4. The number of aliphatic hydroxyl groups is 1. The Balaban J connectivity index is 1.98. The first-order chi connectivity index (χ1) is 9.47. The number of carbonyl (C=O) groups is 2. The van der Waals surface area contributed by atoms with Crippen LogP contribution in [-0.4, -0.2) is 46.8 Å². The number of carbonyl (C=O) groups excluding carboxylic acids is 2. The predicted octanol–water partition coefficient (Wildman–Crippen LogP) is -0.622. The molecule has 7 heteroatoms. The highest BCUT2D eigenvalue weighted by atomic mass is 16.3. The van der Waals surface area contributed by atoms with Crippen LogP contribution in [0.1, 0.15) is 23.8 Å². The summed E-state index contributed by atoms with van der Waals surface area (Å²) >= 11 is 0. The summed E-state index contributed by atoms with van der Waals surface area (Å²) in [5, 5.41) is 18.4. The molecule has 0 spiro atoms. The molecule has 1 aliphatic heterocycles. The van der Waals surface area contributed by atoms with Gasteiger partial charge in [-0.25, -0.2) is 4.79 Å². The maximum absolute atomic E-state index is 12.1. The minimum absolute atomic E-state index is 0.185. The summed E-state index contributed by atoms with van der Waals surface area (Å²) in [6, 6.07) is 2.34. The molecule has 1 aromatic heterocycles. The average Bonchev–Trinajstić information content (AvgIpc) is 2.98. The summed E-state index contributed by atoms with van der Waals surface area (Å²) in [7, 11) is 1.51. The topological polar surface area (TPSA) is 95.4 Å². The fourth-order valence-corrected chi connectivity index (χ4v) is 3.41. The number of nitrogens with one attached hydrogen (secondary N) is 3. The van der Waals surface area contributed by atoms with E-state index in [1.807, 2.05) is 23.8 Å². The van der Waals surface area contributed by atoms with E-state index < -0.39 is 17.7 Å². The second-order valence-electron chi connectivity index (χ2n) is 5.59. The van der Waals surface area contributed by atoms with Crippen molar-refractivity contribution in [2.45, 2.75) is 37.1 Å². The monoisotopic (exact) mass is 278 g/mol. The lowest BCUT2D eigenvalue weighted by Gasteiger charge is -2.40. The van der Waals surface area contributed by atoms with Crippen LogP contribution in [0.3, 0.4) is 0 Å². The Bertz CT molecular complexity index is 570. The predicted molar refractivity (Wildman–Crippen MR) is 71.3 cm³/mol. The van der Waals surface area contributed by atoms with Gasteiger partial charge in [0.25, 0.3) is 5.91 Å². The minimum Gasteiger partial charge on any atom is -0.391 e. The van der Waals surface area contributed by atoms with E-state index in [9.17, 15) is 14.7 Å². The Kier molecular flexibility index (Phi) is 2.75. The van der Waals surface area contributed by atoms with Crippen molar-refractivity contribution < 1.29 is 14.7 Å². The first-order valence-corrected chi connectivity index (χ1v) is 6.62. The zero-order valence-electron chi connectivity index (χ0n) is 11.4. The number of aromatic nitrogens is 1. The molecule has 0 radical (unpaired) electrons. The molecule has 108 valence electrons. The van der Waals surface area contributed by atoms with Gasteiger partial charge in [0.2, 0.25) is 0 Å². The maximum Gasteiger partial charge on any atom is 0.314 e. The van der Waals surface area contributed by atoms with Crippen LogP contribution in [0.25, 0.3) is 0 Å². The number of urea groups is 1. The van der Waals surface area contributed by atoms with Crippen LogP contribution in [0, 0.1) is 0 Å². The third kappa shape index (κ3) is 1.62. The van der Waals surface area contributed by atoms with Gasteiger partial charge < -0.3 is 25.6 Å². The highest BCUT2D eigenvalue weighted by molar-refractivity contribution is 5.94. The molecule has 1 aromatic rings. The quantitative estimate of drug-likeness (QED) is 0.551. The van der Waals surface area contributed by atoms with Crippen LogP contribution in [0.15, 0.2) is 18.3 Å². The van der Waals surface area contributed by atoms with Crippen molar-refractivity contribution in [2.24, 2.45) is 0 Å². The highest BCUT2D eigenvalue weighted by Crippen LogP contribution is 2.40. The molecule has 20 heavy (non-hydrogen) atoms. The normalized spacial score (nSPS) is 35.0. The molecule has 0 aromatic carbocycles. The van der Waals surface area contributed by atoms with Gasteiger partial charge in [0.05, 0.1) is 23.7 Å². The fourth-order valence-electron chi connectivity index (χ4n) is 3.41. The highest BCUT2D eigenvalue weighted by Gasteiger charge is 2.55. The van der Waals surface area contributed by atoms with E-state index in [0.29, 0.717) is 12.1 Å². The molecule has 1 fully saturated rings. The van der Waals surface area contributed by atoms with Crippen LogP contribution in [0.5, 0.6) is 0 Å². The second-order valence-corrected chi connectivity index (χ2v) is 5.59. The molecule has 0 bridgehead atoms. The van der Waals surface area contributed by atoms with Gasteiger partial charge in [-0.2, -0.15) is 0 Å². The van der Waals surface area contributed by atoms with E-state index in [0.717, 1.165) is 0 Å². The number of nitrogens with zero attached hydrogens (tertiary/aromatic N) is 1. The Labute approximate surface area is 116 Å². The molecule has 4 N–H and O–H groups in total. The summed E-state index contributed by atoms with van der Waals surface area (Å²) in [6.07, 6.45) is 1.60. The van der Waals surface area contributed by atoms with E-state index in [1.54, 1.807) is 6.07 Å². The van der Waals surface area contributed by atoms with Crippen molar-refractivity contribution in [3.63, 3.8) is 0 Å². The Hall–Kier alpha value is -2.02. The van der Waals surface area contributed by atoms with Crippen molar-refractivity contribution >= 4 is 11.9 Å². The smallest absolute Gasteiger partial charge is 0.314 e. The maximum atomic E-state index is 12.1. The largest absolute Gasteiger partial charge is 0.391 e. The van der Waals surface area contributed by atoms with Gasteiger partial charge >= 0.3 is 6.03 Å². The molecule has 1 aliphatic carbocycles. The Morgan fingerprint density at radius 1 is 1.60 bits per heavy atom. The van der Waals surface area contributed by atoms with E-state index in [-0.39, 0.29) is 18.0 Å². The van der Waals surface area contributed by atoms with Gasteiger partial charge in [-0.05, 0) is 19.1 Å². The lowest BCUT2D eigenvalue weighted by atomic mass is 9.91. The van der Waals surface area contributed by atoms with Crippen molar-refractivity contribution in [1.29, 1.82) is 0 Å². The van der Waals surface area contributed by atoms with Gasteiger partial charge in [0, 0.05) is 19.7 Å². The fraction of sp³-hybridized carbons (Fsp3) is 0.538. The average molecular weight is 278 g/mol. The second kappa shape index (κ2) is 4.24. The number of hydrogen-bond donors (Lipinski definition) is 4. The summed E-state index contributed by atoms with van der Waals surface area (Å²) in [4.78, 5) is 23.6. The molecule has 3 amide bonds. The molecule has 2 heterocycles. The summed E-state index contributed by atoms with van der Waals surface area (Å²) in [6.45, 7) is 1.98. The Morgan fingerprint density at radius 3 is 3.05 bits per heavy atom. The zero-order chi connectivity index (χ0) is 14.5. The number of fused-ring (bicyclic) bond motifs is 3. The Morgan fingerprint density at radius 2 is 2.35 bits per heavy atom. The number of amides is 3. The first-order valence-electron chi connectivity index (χ1n) is 6.62. The summed E-state index contributed by atoms with van der Waals surface area (Å²) < 4.78 is 1.89. The van der Waals surface area contributed by atoms with Crippen LogP contribution in [-0.2, 0) is 5.54 Å². The lowest BCUT2D eigenvalue weighted by Crippen LogP contribution is -2.62. The van der Waals surface area contributed by atoms with Gasteiger partial charge in [-0.1, -0.05) is 0 Å². The molecule has 4 atom stereocenters. The molecule has 1 saturated carbocycles. The first kappa shape index (κ1) is 13.0. The standard InChI is InChI=1S/C13H18N4O3/c1-13-6-8(18)9(15-12(20)14-2)10(13)16-11(19)7-4-3-5-17(7)13/h3-5,8-10,18H,6H2,1-2H3,(H,16,19)(H2,14,15,20)/t8-,9-,10+,13-/m1/s1. The molecule has 2 aliphatic rings. The summed E-state index contributed by atoms with van der Waals surface area (Å²) in [5.74, 6) is -0.185. The van der Waals surface area contributed by atoms with Crippen molar-refractivity contribution in [1.82, 2.24) is 20.5 Å². The summed E-state index contributed by atoms with van der Waals surface area (Å²) in [5.41, 5.74) is 0.134. The van der Waals surface area contributed by atoms with E-state index in [4.69, 9.17) is 0 Å². The molecule has 7 nitrogen and oxygen atoms in total. The van der Waals surface area contributed by atoms with Gasteiger partial charge in [0.15, 0.2) is 0 Å². The number of rotatable bonds is 1. The lowest BCUT2D eigenvalue weighted by molar-refractivity contribution is 0.0821. The van der Waals surface area contributed by atoms with E-state index >= 15 is 0 Å². The third-order valence-corrected chi connectivity index (χ3v) is 4.41. The van der Waals surface area contributed by atoms with Gasteiger partial charge in [-0.15, -0.1) is 0 Å². The van der Waals surface area contributed by atoms with Crippen molar-refractivity contribution in [2.75, 3.05) is 7.05 Å². The number of aliphatic hydroxyl groups excluding tert-OH is 1. The molecule has 0 saturated heterocycles. The van der Waals surface area contributed by atoms with Crippen LogP contribution < -0.4 is 16.0 Å². The van der Waals surface area contributed by atoms with Crippen LogP contribution in [0.4, 0.5) is 4.79 Å². The number of hydrogen-bond acceptors (Lipinski definition) is 3. The SMILES string of the molecule is CNC(=O)N[C@@H]1[C@H](O)C[C@]2(C)[C@H]1NC(=O)c1cccn12. The molecule has 0 unspecified atom stereocenters. The van der Waals surface area contributed by atoms with E-state index in [2.05, 4.69) is 16.0 Å². The van der Waals surface area contributed by atoms with Crippen molar-refractivity contribution in [3.8, 4) is 0 Å². The van der Waals surface area contributed by atoms with Crippen LogP contribution in [0.2, 0.25) is 0 Å².